The maximum atomic E-state index is 13.5. The molecule has 0 unspecified atom stereocenters. The molecule has 34 heavy (non-hydrogen) atoms. The third kappa shape index (κ3) is 4.29. The van der Waals surface area contributed by atoms with E-state index in [9.17, 15) is 9.18 Å². The van der Waals surface area contributed by atoms with E-state index >= 15 is 0 Å². The number of benzene rings is 3. The van der Waals surface area contributed by atoms with Crippen molar-refractivity contribution in [2.24, 2.45) is 0 Å². The van der Waals surface area contributed by atoms with Crippen LogP contribution in [0.3, 0.4) is 0 Å². The van der Waals surface area contributed by atoms with Crippen LogP contribution in [-0.2, 0) is 6.42 Å². The first-order chi connectivity index (χ1) is 16.3. The van der Waals surface area contributed by atoms with Crippen molar-refractivity contribution < 1.29 is 18.7 Å². The number of hydrogen-bond donors (Lipinski definition) is 2. The lowest BCUT2D eigenvalue weighted by Crippen LogP contribution is -2.40. The van der Waals surface area contributed by atoms with Crippen LogP contribution in [0, 0.1) is 5.82 Å². The van der Waals surface area contributed by atoms with Gasteiger partial charge in [-0.15, -0.1) is 0 Å². The van der Waals surface area contributed by atoms with E-state index in [1.807, 2.05) is 56.3 Å². The second-order valence-corrected chi connectivity index (χ2v) is 9.08. The Hall–Kier alpha value is -4.00. The molecule has 7 heteroatoms. The summed E-state index contributed by atoms with van der Waals surface area (Å²) in [7, 11) is 1.62. The number of halogens is 1. The van der Waals surface area contributed by atoms with E-state index in [0.29, 0.717) is 12.2 Å². The minimum Gasteiger partial charge on any atom is -0.497 e. The van der Waals surface area contributed by atoms with Crippen molar-refractivity contribution in [3.63, 3.8) is 0 Å². The topological polar surface area (TPSA) is 62.8 Å². The van der Waals surface area contributed by atoms with E-state index in [-0.39, 0.29) is 17.4 Å². The SMILES string of the molecule is COc1ccc(C2=C(c3ccc(F)cc3)CN(C(=O)Nc3ccc4c(c3)CC(C)(C)O4)N2)cc1. The molecule has 2 amide bonds. The molecule has 0 saturated carbocycles. The number of rotatable bonds is 4. The van der Waals surface area contributed by atoms with Crippen LogP contribution in [0.1, 0.15) is 30.5 Å². The molecule has 0 fully saturated rings. The number of nitrogens with zero attached hydrogens (tertiary/aromatic N) is 1. The van der Waals surface area contributed by atoms with Crippen LogP contribution in [0.25, 0.3) is 11.3 Å². The summed E-state index contributed by atoms with van der Waals surface area (Å²) in [5.74, 6) is 1.29. The second kappa shape index (κ2) is 8.41. The quantitative estimate of drug-likeness (QED) is 0.543. The molecule has 0 radical (unpaired) electrons. The van der Waals surface area contributed by atoms with Crippen molar-refractivity contribution in [2.45, 2.75) is 25.9 Å². The first kappa shape index (κ1) is 21.8. The number of amides is 2. The van der Waals surface area contributed by atoms with Crippen LogP contribution >= 0.6 is 0 Å². The van der Waals surface area contributed by atoms with Crippen molar-refractivity contribution in [3.8, 4) is 11.5 Å². The molecule has 2 aliphatic rings. The molecular formula is C27H26FN3O3. The summed E-state index contributed by atoms with van der Waals surface area (Å²) in [6, 6.07) is 19.3. The molecule has 0 bridgehead atoms. The van der Waals surface area contributed by atoms with Crippen molar-refractivity contribution in [1.82, 2.24) is 10.4 Å². The molecule has 3 aromatic rings. The van der Waals surface area contributed by atoms with Gasteiger partial charge >= 0.3 is 6.03 Å². The largest absolute Gasteiger partial charge is 0.497 e. The Kier molecular flexibility index (Phi) is 5.40. The van der Waals surface area contributed by atoms with E-state index < -0.39 is 0 Å². The van der Waals surface area contributed by atoms with Gasteiger partial charge in [0.25, 0.3) is 0 Å². The highest BCUT2D eigenvalue weighted by Crippen LogP contribution is 2.36. The normalized spacial score (nSPS) is 16.1. The number of carbonyl (C=O) groups is 1. The van der Waals surface area contributed by atoms with Gasteiger partial charge in [-0.1, -0.05) is 12.1 Å². The van der Waals surface area contributed by atoms with E-state index in [1.54, 1.807) is 19.2 Å². The maximum absolute atomic E-state index is 13.5. The number of urea groups is 1. The summed E-state index contributed by atoms with van der Waals surface area (Å²) in [6.07, 6.45) is 0.784. The number of ether oxygens (including phenoxy) is 2. The van der Waals surface area contributed by atoms with Crippen molar-refractivity contribution in [1.29, 1.82) is 0 Å². The zero-order chi connectivity index (χ0) is 23.9. The summed E-state index contributed by atoms with van der Waals surface area (Å²) in [6.45, 7) is 4.41. The number of anilines is 1. The van der Waals surface area contributed by atoms with E-state index in [4.69, 9.17) is 9.47 Å². The average Bonchev–Trinajstić information content (AvgIpc) is 3.39. The predicted molar refractivity (Wildman–Crippen MR) is 130 cm³/mol. The van der Waals surface area contributed by atoms with Gasteiger partial charge < -0.3 is 14.8 Å². The van der Waals surface area contributed by atoms with Crippen LogP contribution in [0.15, 0.2) is 66.7 Å². The van der Waals surface area contributed by atoms with Gasteiger partial charge in [0.15, 0.2) is 0 Å². The summed E-state index contributed by atoms with van der Waals surface area (Å²) in [4.78, 5) is 13.2. The molecule has 0 saturated heterocycles. The highest BCUT2D eigenvalue weighted by molar-refractivity contribution is 5.98. The lowest BCUT2D eigenvalue weighted by Gasteiger charge is -2.19. The van der Waals surface area contributed by atoms with Crippen molar-refractivity contribution >= 4 is 23.0 Å². The number of carbonyl (C=O) groups excluding carboxylic acids is 1. The fourth-order valence-corrected chi connectivity index (χ4v) is 4.36. The Balaban J connectivity index is 1.39. The Morgan fingerprint density at radius 2 is 1.76 bits per heavy atom. The van der Waals surface area contributed by atoms with Gasteiger partial charge in [-0.05, 0) is 74.0 Å². The molecule has 0 aliphatic carbocycles. The first-order valence-corrected chi connectivity index (χ1v) is 11.1. The van der Waals surface area contributed by atoms with Crippen LogP contribution in [-0.4, -0.2) is 30.3 Å². The molecule has 2 aliphatic heterocycles. The summed E-state index contributed by atoms with van der Waals surface area (Å²) >= 11 is 0. The number of fused-ring (bicyclic) bond motifs is 1. The van der Waals surface area contributed by atoms with Gasteiger partial charge in [0.05, 0.1) is 19.4 Å². The van der Waals surface area contributed by atoms with Gasteiger partial charge in [0, 0.05) is 28.8 Å². The Morgan fingerprint density at radius 3 is 2.47 bits per heavy atom. The number of nitrogens with one attached hydrogen (secondary N) is 2. The first-order valence-electron chi connectivity index (χ1n) is 11.1. The molecule has 6 nitrogen and oxygen atoms in total. The van der Waals surface area contributed by atoms with Crippen LogP contribution in [0.2, 0.25) is 0 Å². The minimum atomic E-state index is -0.306. The molecule has 0 atom stereocenters. The molecule has 0 aromatic heterocycles. The van der Waals surface area contributed by atoms with Crippen LogP contribution in [0.4, 0.5) is 14.9 Å². The third-order valence-electron chi connectivity index (χ3n) is 6.00. The number of methoxy groups -OCH3 is 1. The minimum absolute atomic E-state index is 0.247. The van der Waals surface area contributed by atoms with Gasteiger partial charge in [-0.25, -0.2) is 14.2 Å². The smallest absolute Gasteiger partial charge is 0.340 e. The highest BCUT2D eigenvalue weighted by atomic mass is 19.1. The fourth-order valence-electron chi connectivity index (χ4n) is 4.36. The third-order valence-corrected chi connectivity index (χ3v) is 6.00. The molecule has 3 aromatic carbocycles. The molecule has 2 heterocycles. The average molecular weight is 460 g/mol. The molecule has 0 spiro atoms. The maximum Gasteiger partial charge on any atom is 0.340 e. The van der Waals surface area contributed by atoms with Crippen molar-refractivity contribution in [2.75, 3.05) is 19.0 Å². The predicted octanol–water partition coefficient (Wildman–Crippen LogP) is 5.47. The molecular weight excluding hydrogens is 433 g/mol. The van der Waals surface area contributed by atoms with E-state index in [1.165, 1.54) is 17.1 Å². The summed E-state index contributed by atoms with van der Waals surface area (Å²) in [5, 5.41) is 4.49. The van der Waals surface area contributed by atoms with Gasteiger partial charge in [0.1, 0.15) is 22.9 Å². The molecule has 5 rings (SSSR count). The number of hydrogen-bond acceptors (Lipinski definition) is 4. The van der Waals surface area contributed by atoms with Gasteiger partial charge in [0.2, 0.25) is 0 Å². The van der Waals surface area contributed by atoms with E-state index in [0.717, 1.165) is 45.9 Å². The lowest BCUT2D eigenvalue weighted by atomic mass is 10.0. The fraction of sp³-hybridized carbons (Fsp3) is 0.222. The van der Waals surface area contributed by atoms with Crippen LogP contribution < -0.4 is 20.2 Å². The second-order valence-electron chi connectivity index (χ2n) is 9.08. The van der Waals surface area contributed by atoms with Gasteiger partial charge in [-0.2, -0.15) is 0 Å². The zero-order valence-electron chi connectivity index (χ0n) is 19.3. The summed E-state index contributed by atoms with van der Waals surface area (Å²) < 4.78 is 24.7. The monoisotopic (exact) mass is 459 g/mol. The van der Waals surface area contributed by atoms with Crippen molar-refractivity contribution in [3.05, 3.63) is 89.2 Å². The standard InChI is InChI=1S/C27H26FN3O3/c1-27(2)15-19-14-21(10-13-24(19)34-27)29-26(32)31-16-23(17-4-8-20(28)9-5-17)25(30-31)18-6-11-22(33-3)12-7-18/h4-14,30H,15-16H2,1-3H3,(H,29,32). The Bertz CT molecular complexity index is 1270. The molecule has 174 valence electrons. The Labute approximate surface area is 198 Å². The highest BCUT2D eigenvalue weighted by Gasteiger charge is 2.31. The Morgan fingerprint density at radius 1 is 1.06 bits per heavy atom. The lowest BCUT2D eigenvalue weighted by molar-refractivity contribution is 0.138. The zero-order valence-corrected chi connectivity index (χ0v) is 19.3. The summed E-state index contributed by atoms with van der Waals surface area (Å²) in [5.41, 5.74) is 8.17. The van der Waals surface area contributed by atoms with Gasteiger partial charge in [-0.3, -0.25) is 5.43 Å². The molecule has 2 N–H and O–H groups in total. The number of hydrazine groups is 1. The van der Waals surface area contributed by atoms with E-state index in [2.05, 4.69) is 10.7 Å². The van der Waals surface area contributed by atoms with Crippen LogP contribution in [0.5, 0.6) is 11.5 Å².